The number of aromatic nitrogens is 2. The summed E-state index contributed by atoms with van der Waals surface area (Å²) in [5.41, 5.74) is 8.98. The van der Waals surface area contributed by atoms with Crippen LogP contribution in [0.3, 0.4) is 0 Å². The fraction of sp³-hybridized carbons (Fsp3) is 0.129. The molecule has 0 bridgehead atoms. The lowest BCUT2D eigenvalue weighted by atomic mass is 9.88. The van der Waals surface area contributed by atoms with Crippen molar-refractivity contribution in [3.05, 3.63) is 127 Å². The maximum Gasteiger partial charge on any atom is 0.340 e. The van der Waals surface area contributed by atoms with Gasteiger partial charge < -0.3 is 10.8 Å². The molecule has 2 heterocycles. The Kier molecular flexibility index (Phi) is 5.96. The number of fused-ring (bicyclic) bond motifs is 4. The predicted molar refractivity (Wildman–Crippen MR) is 147 cm³/mol. The van der Waals surface area contributed by atoms with Crippen molar-refractivity contribution in [2.45, 2.75) is 19.8 Å². The van der Waals surface area contributed by atoms with Crippen LogP contribution in [-0.2, 0) is 12.8 Å². The zero-order valence-corrected chi connectivity index (χ0v) is 21.4. The summed E-state index contributed by atoms with van der Waals surface area (Å²) in [5.74, 6) is -2.13. The summed E-state index contributed by atoms with van der Waals surface area (Å²) in [6, 6.07) is 15.2. The standard InChI is InChI=1S/C31H23F2N3O4/c1-16-19(4-2-6-25(16)36-27(38)15-26-23(32)5-3-10-35(26)31(36)40)29-24(33)14-22(30(34)39)21-13-18-12-17(9-11-37)7-8-20(18)28(21)29/h2-8,10,12,14-15,37H,9,11,13H2,1H3,(H2,34,39). The Morgan fingerprint density at radius 2 is 1.77 bits per heavy atom. The van der Waals surface area contributed by atoms with Crippen LogP contribution in [0, 0.1) is 18.6 Å². The van der Waals surface area contributed by atoms with E-state index in [1.807, 2.05) is 18.2 Å². The number of nitrogens with zero attached hydrogens (tertiary/aromatic N) is 2. The zero-order valence-electron chi connectivity index (χ0n) is 21.4. The summed E-state index contributed by atoms with van der Waals surface area (Å²) in [7, 11) is 0. The smallest absolute Gasteiger partial charge is 0.340 e. The molecular weight excluding hydrogens is 516 g/mol. The number of halogens is 2. The number of pyridine rings is 1. The third kappa shape index (κ3) is 3.77. The SMILES string of the molecule is Cc1c(-c2c(F)cc(C(N)=O)c3c2-c2ccc(CCO)cc2C3)cccc1-n1c(=O)cc2c(F)cccn2c1=O. The Hall–Kier alpha value is -4.89. The summed E-state index contributed by atoms with van der Waals surface area (Å²) < 4.78 is 32.2. The van der Waals surface area contributed by atoms with Gasteiger partial charge in [-0.3, -0.25) is 14.0 Å². The second-order valence-corrected chi connectivity index (χ2v) is 9.80. The van der Waals surface area contributed by atoms with Gasteiger partial charge in [-0.2, -0.15) is 0 Å². The van der Waals surface area contributed by atoms with E-state index in [0.717, 1.165) is 43.9 Å². The molecule has 1 aliphatic carbocycles. The molecule has 0 radical (unpaired) electrons. The van der Waals surface area contributed by atoms with Crippen LogP contribution in [0.4, 0.5) is 8.78 Å². The van der Waals surface area contributed by atoms with Crippen LogP contribution >= 0.6 is 0 Å². The largest absolute Gasteiger partial charge is 0.396 e. The zero-order chi connectivity index (χ0) is 28.3. The van der Waals surface area contributed by atoms with Crippen LogP contribution in [-0.4, -0.2) is 26.6 Å². The normalized spacial score (nSPS) is 12.0. The number of carbonyl (C=O) groups excluding carboxylic acids is 1. The molecule has 9 heteroatoms. The Morgan fingerprint density at radius 3 is 2.52 bits per heavy atom. The second kappa shape index (κ2) is 9.39. The van der Waals surface area contributed by atoms with Gasteiger partial charge in [0.2, 0.25) is 5.91 Å². The van der Waals surface area contributed by atoms with Crippen LogP contribution in [0.25, 0.3) is 33.5 Å². The molecule has 0 spiro atoms. The minimum atomic E-state index is -0.765. The van der Waals surface area contributed by atoms with Gasteiger partial charge in [0.05, 0.1) is 11.2 Å². The first-order valence-electron chi connectivity index (χ1n) is 12.6. The Labute approximate surface area is 226 Å². The molecule has 0 aliphatic heterocycles. The molecule has 3 aromatic carbocycles. The van der Waals surface area contributed by atoms with Gasteiger partial charge in [-0.05, 0) is 83.0 Å². The lowest BCUT2D eigenvalue weighted by molar-refractivity contribution is 0.0999. The van der Waals surface area contributed by atoms with Gasteiger partial charge in [0.25, 0.3) is 5.56 Å². The summed E-state index contributed by atoms with van der Waals surface area (Å²) in [6.45, 7) is 1.65. The molecule has 2 aromatic heterocycles. The third-order valence-corrected chi connectivity index (χ3v) is 7.53. The number of hydrogen-bond acceptors (Lipinski definition) is 4. The van der Waals surface area contributed by atoms with Gasteiger partial charge in [-0.25, -0.2) is 18.1 Å². The highest BCUT2D eigenvalue weighted by Crippen LogP contribution is 2.47. The molecule has 1 aliphatic rings. The van der Waals surface area contributed by atoms with Gasteiger partial charge in [-0.15, -0.1) is 0 Å². The molecule has 0 atom stereocenters. The quantitative estimate of drug-likeness (QED) is 0.347. The van der Waals surface area contributed by atoms with Gasteiger partial charge in [-0.1, -0.05) is 30.3 Å². The first kappa shape index (κ1) is 25.4. The highest BCUT2D eigenvalue weighted by Gasteiger charge is 2.30. The molecule has 40 heavy (non-hydrogen) atoms. The molecule has 0 saturated carbocycles. The fourth-order valence-electron chi connectivity index (χ4n) is 5.71. The average molecular weight is 540 g/mol. The van der Waals surface area contributed by atoms with E-state index in [9.17, 15) is 23.9 Å². The second-order valence-electron chi connectivity index (χ2n) is 9.80. The van der Waals surface area contributed by atoms with E-state index >= 15 is 4.39 Å². The van der Waals surface area contributed by atoms with Crippen LogP contribution in [0.15, 0.2) is 76.4 Å². The fourth-order valence-corrected chi connectivity index (χ4v) is 5.71. The number of nitrogens with two attached hydrogens (primary N) is 1. The van der Waals surface area contributed by atoms with Crippen molar-refractivity contribution in [1.82, 2.24) is 8.97 Å². The molecule has 0 unspecified atom stereocenters. The molecule has 3 N–H and O–H groups in total. The topological polar surface area (TPSA) is 107 Å². The summed E-state index contributed by atoms with van der Waals surface area (Å²) in [6.07, 6.45) is 2.17. The Bertz CT molecular complexity index is 2010. The van der Waals surface area contributed by atoms with E-state index in [-0.39, 0.29) is 28.9 Å². The monoisotopic (exact) mass is 539 g/mol. The number of benzene rings is 3. The van der Waals surface area contributed by atoms with Crippen molar-refractivity contribution in [2.75, 3.05) is 6.61 Å². The number of rotatable bonds is 5. The first-order chi connectivity index (χ1) is 19.2. The van der Waals surface area contributed by atoms with E-state index in [2.05, 4.69) is 0 Å². The minimum Gasteiger partial charge on any atom is -0.396 e. The Balaban J connectivity index is 1.63. The van der Waals surface area contributed by atoms with Gasteiger partial charge in [0.1, 0.15) is 11.6 Å². The summed E-state index contributed by atoms with van der Waals surface area (Å²) >= 11 is 0. The van der Waals surface area contributed by atoms with Crippen molar-refractivity contribution < 1.29 is 18.7 Å². The minimum absolute atomic E-state index is 0.0229. The predicted octanol–water partition coefficient (Wildman–Crippen LogP) is 3.91. The number of hydrogen-bond donors (Lipinski definition) is 2. The molecule has 7 nitrogen and oxygen atoms in total. The molecule has 5 aromatic rings. The molecule has 6 rings (SSSR count). The maximum absolute atomic E-state index is 16.0. The van der Waals surface area contributed by atoms with Gasteiger partial charge >= 0.3 is 5.69 Å². The summed E-state index contributed by atoms with van der Waals surface area (Å²) in [4.78, 5) is 38.7. The van der Waals surface area contributed by atoms with Crippen molar-refractivity contribution in [3.8, 4) is 27.9 Å². The molecule has 1 amide bonds. The molecular formula is C31H23F2N3O4. The molecule has 0 fully saturated rings. The van der Waals surface area contributed by atoms with E-state index in [1.165, 1.54) is 12.3 Å². The average Bonchev–Trinajstić information content (AvgIpc) is 3.29. The van der Waals surface area contributed by atoms with E-state index in [0.29, 0.717) is 35.1 Å². The van der Waals surface area contributed by atoms with Crippen molar-refractivity contribution in [2.24, 2.45) is 5.73 Å². The number of amides is 1. The van der Waals surface area contributed by atoms with E-state index in [4.69, 9.17) is 5.73 Å². The number of aliphatic hydroxyl groups is 1. The van der Waals surface area contributed by atoms with E-state index in [1.54, 1.807) is 25.1 Å². The lowest BCUT2D eigenvalue weighted by Crippen LogP contribution is -2.36. The maximum atomic E-state index is 16.0. The van der Waals surface area contributed by atoms with Crippen molar-refractivity contribution >= 4 is 11.4 Å². The van der Waals surface area contributed by atoms with Crippen LogP contribution < -0.4 is 17.0 Å². The van der Waals surface area contributed by atoms with Crippen LogP contribution in [0.2, 0.25) is 0 Å². The number of primary amides is 1. The van der Waals surface area contributed by atoms with Crippen LogP contribution in [0.5, 0.6) is 0 Å². The van der Waals surface area contributed by atoms with Crippen molar-refractivity contribution in [3.63, 3.8) is 0 Å². The summed E-state index contributed by atoms with van der Waals surface area (Å²) in [5, 5.41) is 9.37. The van der Waals surface area contributed by atoms with Gasteiger partial charge in [0.15, 0.2) is 0 Å². The van der Waals surface area contributed by atoms with Crippen LogP contribution in [0.1, 0.15) is 32.6 Å². The first-order valence-corrected chi connectivity index (χ1v) is 12.6. The Morgan fingerprint density at radius 1 is 0.975 bits per heavy atom. The van der Waals surface area contributed by atoms with Gasteiger partial charge in [0, 0.05) is 30.0 Å². The molecule has 0 saturated heterocycles. The van der Waals surface area contributed by atoms with E-state index < -0.39 is 28.8 Å². The highest BCUT2D eigenvalue weighted by molar-refractivity contribution is 6.02. The number of carbonyl (C=O) groups is 1. The van der Waals surface area contributed by atoms with Crippen molar-refractivity contribution in [1.29, 1.82) is 0 Å². The highest BCUT2D eigenvalue weighted by atomic mass is 19.1. The number of aliphatic hydroxyl groups excluding tert-OH is 1. The third-order valence-electron chi connectivity index (χ3n) is 7.53. The lowest BCUT2D eigenvalue weighted by Gasteiger charge is -2.18. The molecule has 200 valence electrons.